The molecule has 8 heteroatoms. The Bertz CT molecular complexity index is 1030. The highest BCUT2D eigenvalue weighted by Gasteiger charge is 2.15. The standard InChI is InChI=1S/C25H35N7O/c1-19(2)32-20(3)27-17-24(32)23-9-10-26-25(29-23)28-22-7-5-21(6-8-22)18-31-12-4-11-30(13-14-31)15-16-33/h5-10,17,19,33H,4,11-16,18H2,1-3H3,(H,26,28,29). The van der Waals surface area contributed by atoms with Gasteiger partial charge in [0.1, 0.15) is 5.82 Å². The van der Waals surface area contributed by atoms with Gasteiger partial charge in [0.05, 0.1) is 24.2 Å². The molecule has 2 aromatic heterocycles. The molecule has 0 unspecified atom stereocenters. The molecule has 0 atom stereocenters. The summed E-state index contributed by atoms with van der Waals surface area (Å²) in [6, 6.07) is 10.7. The monoisotopic (exact) mass is 449 g/mol. The van der Waals surface area contributed by atoms with Crippen molar-refractivity contribution in [2.75, 3.05) is 44.6 Å². The van der Waals surface area contributed by atoms with Crippen LogP contribution < -0.4 is 5.32 Å². The van der Waals surface area contributed by atoms with Crippen molar-refractivity contribution in [1.29, 1.82) is 0 Å². The van der Waals surface area contributed by atoms with Gasteiger partial charge in [-0.25, -0.2) is 15.0 Å². The maximum atomic E-state index is 9.18. The molecule has 0 amide bonds. The molecule has 1 aliphatic heterocycles. The van der Waals surface area contributed by atoms with E-state index in [4.69, 9.17) is 4.98 Å². The quantitative estimate of drug-likeness (QED) is 0.545. The van der Waals surface area contributed by atoms with Gasteiger partial charge in [-0.3, -0.25) is 9.80 Å². The fraction of sp³-hybridized carbons (Fsp3) is 0.480. The Kier molecular flexibility index (Phi) is 7.69. The number of β-amino-alcohol motifs (C(OH)–C–C–N with tert-alkyl or cyclic N) is 1. The van der Waals surface area contributed by atoms with Gasteiger partial charge in [-0.2, -0.15) is 0 Å². The van der Waals surface area contributed by atoms with Crippen molar-refractivity contribution in [1.82, 2.24) is 29.3 Å². The number of aliphatic hydroxyl groups excluding tert-OH is 1. The van der Waals surface area contributed by atoms with Crippen LogP contribution in [0.3, 0.4) is 0 Å². The maximum absolute atomic E-state index is 9.18. The highest BCUT2D eigenvalue weighted by atomic mass is 16.3. The molecule has 0 saturated carbocycles. The van der Waals surface area contributed by atoms with Gasteiger partial charge in [-0.05, 0) is 64.0 Å². The third kappa shape index (κ3) is 5.96. The van der Waals surface area contributed by atoms with Gasteiger partial charge in [-0.1, -0.05) is 12.1 Å². The molecule has 1 aromatic carbocycles. The summed E-state index contributed by atoms with van der Waals surface area (Å²) in [6.07, 6.45) is 4.80. The first-order valence-electron chi connectivity index (χ1n) is 11.8. The molecule has 0 bridgehead atoms. The van der Waals surface area contributed by atoms with Crippen LogP contribution in [0.4, 0.5) is 11.6 Å². The summed E-state index contributed by atoms with van der Waals surface area (Å²) in [5.41, 5.74) is 4.12. The Labute approximate surface area is 196 Å². The van der Waals surface area contributed by atoms with Crippen LogP contribution in [-0.4, -0.2) is 73.8 Å². The summed E-state index contributed by atoms with van der Waals surface area (Å²) in [5.74, 6) is 1.56. The van der Waals surface area contributed by atoms with Crippen LogP contribution in [0.1, 0.15) is 37.7 Å². The highest BCUT2D eigenvalue weighted by molar-refractivity contribution is 5.59. The van der Waals surface area contributed by atoms with Gasteiger partial charge < -0.3 is 15.0 Å². The van der Waals surface area contributed by atoms with Crippen molar-refractivity contribution < 1.29 is 5.11 Å². The molecule has 4 rings (SSSR count). The topological polar surface area (TPSA) is 82.3 Å². The molecule has 3 aromatic rings. The third-order valence-electron chi connectivity index (χ3n) is 6.13. The molecule has 0 radical (unpaired) electrons. The zero-order chi connectivity index (χ0) is 23.2. The van der Waals surface area contributed by atoms with Crippen molar-refractivity contribution >= 4 is 11.6 Å². The zero-order valence-electron chi connectivity index (χ0n) is 19.9. The Balaban J connectivity index is 1.39. The Morgan fingerprint density at radius 2 is 1.76 bits per heavy atom. The van der Waals surface area contributed by atoms with Crippen molar-refractivity contribution in [3.05, 3.63) is 54.1 Å². The molecule has 0 aliphatic carbocycles. The number of rotatable bonds is 8. The van der Waals surface area contributed by atoms with Crippen LogP contribution >= 0.6 is 0 Å². The lowest BCUT2D eigenvalue weighted by Gasteiger charge is -2.21. The van der Waals surface area contributed by atoms with Gasteiger partial charge >= 0.3 is 0 Å². The number of aliphatic hydroxyl groups is 1. The Morgan fingerprint density at radius 1 is 1.00 bits per heavy atom. The lowest BCUT2D eigenvalue weighted by Crippen LogP contribution is -2.32. The summed E-state index contributed by atoms with van der Waals surface area (Å²) in [4.78, 5) is 18.4. The number of hydrogen-bond acceptors (Lipinski definition) is 7. The number of aryl methyl sites for hydroxylation is 1. The summed E-state index contributed by atoms with van der Waals surface area (Å²) in [5, 5.41) is 12.5. The number of hydrogen-bond donors (Lipinski definition) is 2. The SMILES string of the molecule is Cc1ncc(-c2ccnc(Nc3ccc(CN4CCCN(CCO)CC4)cc3)n2)n1C(C)C. The number of anilines is 2. The van der Waals surface area contributed by atoms with E-state index in [9.17, 15) is 5.11 Å². The molecule has 0 spiro atoms. The van der Waals surface area contributed by atoms with Crippen LogP contribution in [0, 0.1) is 6.92 Å². The largest absolute Gasteiger partial charge is 0.395 e. The number of imidazole rings is 1. The number of nitrogens with zero attached hydrogens (tertiary/aromatic N) is 6. The second-order valence-corrected chi connectivity index (χ2v) is 8.94. The minimum Gasteiger partial charge on any atom is -0.395 e. The maximum Gasteiger partial charge on any atom is 0.227 e. The number of nitrogens with one attached hydrogen (secondary N) is 1. The van der Waals surface area contributed by atoms with Crippen molar-refractivity contribution in [2.45, 2.75) is 39.8 Å². The minimum atomic E-state index is 0.238. The van der Waals surface area contributed by atoms with Gasteiger partial charge in [0.25, 0.3) is 0 Å². The smallest absolute Gasteiger partial charge is 0.227 e. The first kappa shape index (κ1) is 23.4. The predicted molar refractivity (Wildman–Crippen MR) is 132 cm³/mol. The van der Waals surface area contributed by atoms with Crippen LogP contribution in [0.5, 0.6) is 0 Å². The van der Waals surface area contributed by atoms with E-state index in [1.54, 1.807) is 6.20 Å². The van der Waals surface area contributed by atoms with Crippen LogP contribution in [0.25, 0.3) is 11.4 Å². The molecule has 1 fully saturated rings. The second-order valence-electron chi connectivity index (χ2n) is 8.94. The molecule has 2 N–H and O–H groups in total. The molecule has 1 aliphatic rings. The minimum absolute atomic E-state index is 0.238. The highest BCUT2D eigenvalue weighted by Crippen LogP contribution is 2.24. The van der Waals surface area contributed by atoms with Crippen molar-refractivity contribution in [2.24, 2.45) is 0 Å². The Morgan fingerprint density at radius 3 is 2.52 bits per heavy atom. The first-order valence-corrected chi connectivity index (χ1v) is 11.8. The van der Waals surface area contributed by atoms with E-state index in [0.717, 1.165) is 68.6 Å². The summed E-state index contributed by atoms with van der Waals surface area (Å²) < 4.78 is 2.19. The molecule has 1 saturated heterocycles. The molecular weight excluding hydrogens is 414 g/mol. The summed E-state index contributed by atoms with van der Waals surface area (Å²) in [7, 11) is 0. The van der Waals surface area contributed by atoms with E-state index in [2.05, 4.69) is 67.8 Å². The Hall–Kier alpha value is -2.81. The first-order chi connectivity index (χ1) is 16.0. The lowest BCUT2D eigenvalue weighted by molar-refractivity contribution is 0.196. The van der Waals surface area contributed by atoms with E-state index in [1.807, 2.05) is 19.2 Å². The van der Waals surface area contributed by atoms with E-state index in [1.165, 1.54) is 5.56 Å². The fourth-order valence-electron chi connectivity index (χ4n) is 4.48. The van der Waals surface area contributed by atoms with Crippen molar-refractivity contribution in [3.63, 3.8) is 0 Å². The van der Waals surface area contributed by atoms with Gasteiger partial charge in [0.2, 0.25) is 5.95 Å². The zero-order valence-corrected chi connectivity index (χ0v) is 19.9. The average molecular weight is 450 g/mol. The van der Waals surface area contributed by atoms with Gasteiger partial charge in [0.15, 0.2) is 0 Å². The molecular formula is C25H35N7O. The molecule has 8 nitrogen and oxygen atoms in total. The van der Waals surface area contributed by atoms with E-state index in [-0.39, 0.29) is 6.61 Å². The summed E-state index contributed by atoms with van der Waals surface area (Å²) in [6.45, 7) is 12.5. The molecule has 176 valence electrons. The normalized spacial score (nSPS) is 15.7. The van der Waals surface area contributed by atoms with Gasteiger partial charge in [0, 0.05) is 44.1 Å². The van der Waals surface area contributed by atoms with Crippen molar-refractivity contribution in [3.8, 4) is 11.4 Å². The van der Waals surface area contributed by atoms with E-state index < -0.39 is 0 Å². The lowest BCUT2D eigenvalue weighted by atomic mass is 10.2. The second kappa shape index (κ2) is 10.9. The fourth-order valence-corrected chi connectivity index (χ4v) is 4.48. The van der Waals surface area contributed by atoms with Crippen LogP contribution in [0.2, 0.25) is 0 Å². The van der Waals surface area contributed by atoms with E-state index >= 15 is 0 Å². The molecule has 33 heavy (non-hydrogen) atoms. The number of benzene rings is 1. The van der Waals surface area contributed by atoms with E-state index in [0.29, 0.717) is 12.0 Å². The molecule has 3 heterocycles. The van der Waals surface area contributed by atoms with Crippen LogP contribution in [0.15, 0.2) is 42.7 Å². The van der Waals surface area contributed by atoms with Gasteiger partial charge in [-0.15, -0.1) is 0 Å². The van der Waals surface area contributed by atoms with Crippen LogP contribution in [-0.2, 0) is 6.54 Å². The average Bonchev–Trinajstić information content (AvgIpc) is 3.07. The summed E-state index contributed by atoms with van der Waals surface area (Å²) >= 11 is 0. The number of aromatic nitrogens is 4. The third-order valence-corrected chi connectivity index (χ3v) is 6.13. The predicted octanol–water partition coefficient (Wildman–Crippen LogP) is 3.47.